The van der Waals surface area contributed by atoms with Gasteiger partial charge in [0.25, 0.3) is 0 Å². The summed E-state index contributed by atoms with van der Waals surface area (Å²) < 4.78 is 0. The van der Waals surface area contributed by atoms with E-state index in [9.17, 15) is 0 Å². The maximum Gasteiger partial charge on any atom is 0.122 e. The third-order valence-corrected chi connectivity index (χ3v) is 3.21. The molecule has 0 atom stereocenters. The van der Waals surface area contributed by atoms with E-state index in [-0.39, 0.29) is 0 Å². The molecule has 13 heavy (non-hydrogen) atoms. The maximum atomic E-state index is 3.34. The lowest BCUT2D eigenvalue weighted by Gasteiger charge is -2.16. The molecule has 0 spiro atoms. The Balaban J connectivity index is 2.14. The van der Waals surface area contributed by atoms with Gasteiger partial charge in [0.1, 0.15) is 5.82 Å². The van der Waals surface area contributed by atoms with Gasteiger partial charge in [-0.2, -0.15) is 0 Å². The van der Waals surface area contributed by atoms with Crippen LogP contribution >= 0.6 is 11.8 Å². The van der Waals surface area contributed by atoms with Crippen LogP contribution in [0.3, 0.4) is 0 Å². The van der Waals surface area contributed by atoms with Gasteiger partial charge in [0.15, 0.2) is 0 Å². The highest BCUT2D eigenvalue weighted by molar-refractivity contribution is 7.99. The van der Waals surface area contributed by atoms with Crippen LogP contribution in [0.2, 0.25) is 0 Å². The van der Waals surface area contributed by atoms with Gasteiger partial charge in [-0.05, 0) is 18.2 Å². The number of hydrogen-bond donors (Lipinski definition) is 2. The van der Waals surface area contributed by atoms with Crippen molar-refractivity contribution >= 4 is 23.3 Å². The van der Waals surface area contributed by atoms with Crippen LogP contribution in [0.15, 0.2) is 46.3 Å². The fraction of sp³-hybridized carbons (Fsp3) is 0. The summed E-state index contributed by atoms with van der Waals surface area (Å²) in [5, 5.41) is 3.34. The van der Waals surface area contributed by atoms with Crippen LogP contribution in [0.25, 0.3) is 0 Å². The predicted octanol–water partition coefficient (Wildman–Crippen LogP) is 3.22. The summed E-state index contributed by atoms with van der Waals surface area (Å²) >= 11 is 1.80. The van der Waals surface area contributed by atoms with E-state index in [0.717, 1.165) is 5.82 Å². The fourth-order valence-corrected chi connectivity index (χ4v) is 2.41. The van der Waals surface area contributed by atoms with Crippen LogP contribution in [0.4, 0.5) is 11.5 Å². The summed E-state index contributed by atoms with van der Waals surface area (Å²) in [6, 6.07) is 10.4. The number of aromatic amines is 1. The Hall–Kier alpha value is -1.35. The molecule has 1 aliphatic heterocycles. The molecular weight excluding hydrogens is 180 g/mol. The minimum atomic E-state index is 1.10. The summed E-state index contributed by atoms with van der Waals surface area (Å²) in [5.74, 6) is 1.10. The minimum Gasteiger partial charge on any atom is -0.347 e. The maximum absolute atomic E-state index is 3.34. The van der Waals surface area contributed by atoms with Crippen molar-refractivity contribution in [3.05, 3.63) is 36.5 Å². The molecule has 0 saturated heterocycles. The molecule has 1 aliphatic rings. The van der Waals surface area contributed by atoms with E-state index in [1.54, 1.807) is 11.8 Å². The van der Waals surface area contributed by atoms with Gasteiger partial charge in [0.05, 0.1) is 10.6 Å². The Labute approximate surface area is 80.4 Å². The van der Waals surface area contributed by atoms with Gasteiger partial charge in [-0.3, -0.25) is 0 Å². The number of aromatic nitrogens is 1. The average molecular weight is 188 g/mol. The number of rotatable bonds is 0. The van der Waals surface area contributed by atoms with E-state index in [1.807, 2.05) is 12.3 Å². The Morgan fingerprint density at radius 3 is 2.92 bits per heavy atom. The molecule has 0 fully saturated rings. The molecule has 0 radical (unpaired) electrons. The lowest BCUT2D eigenvalue weighted by atomic mass is 10.3. The first-order valence-corrected chi connectivity index (χ1v) is 4.96. The molecule has 2 heterocycles. The smallest absolute Gasteiger partial charge is 0.122 e. The molecule has 1 aromatic carbocycles. The quantitative estimate of drug-likeness (QED) is 0.567. The number of para-hydroxylation sites is 1. The van der Waals surface area contributed by atoms with Gasteiger partial charge in [0, 0.05) is 11.1 Å². The highest BCUT2D eigenvalue weighted by atomic mass is 32.2. The summed E-state index contributed by atoms with van der Waals surface area (Å²) in [4.78, 5) is 5.72. The monoisotopic (exact) mass is 188 g/mol. The molecule has 0 amide bonds. The number of benzene rings is 1. The first kappa shape index (κ1) is 7.09. The summed E-state index contributed by atoms with van der Waals surface area (Å²) in [6.45, 7) is 0. The van der Waals surface area contributed by atoms with E-state index in [4.69, 9.17) is 0 Å². The second-order valence-electron chi connectivity index (χ2n) is 2.94. The van der Waals surface area contributed by atoms with Crippen LogP contribution in [-0.4, -0.2) is 4.98 Å². The second-order valence-corrected chi connectivity index (χ2v) is 4.02. The molecule has 0 bridgehead atoms. The molecule has 0 saturated carbocycles. The van der Waals surface area contributed by atoms with Crippen molar-refractivity contribution < 1.29 is 0 Å². The standard InChI is InChI=1S/C10H8N2S/c1-2-4-8-7(3-1)12-10-9(13-8)5-6-11-10/h1-6,11-12H. The molecule has 2 nitrogen and oxygen atoms in total. The molecule has 2 N–H and O–H groups in total. The van der Waals surface area contributed by atoms with Gasteiger partial charge in [0.2, 0.25) is 0 Å². The van der Waals surface area contributed by atoms with Gasteiger partial charge < -0.3 is 10.3 Å². The van der Waals surface area contributed by atoms with Gasteiger partial charge >= 0.3 is 0 Å². The topological polar surface area (TPSA) is 27.8 Å². The zero-order valence-corrected chi connectivity index (χ0v) is 7.69. The normalized spacial score (nSPS) is 12.9. The lowest BCUT2D eigenvalue weighted by Crippen LogP contribution is -1.97. The van der Waals surface area contributed by atoms with E-state index in [2.05, 4.69) is 34.6 Å². The highest BCUT2D eigenvalue weighted by Crippen LogP contribution is 2.42. The largest absolute Gasteiger partial charge is 0.347 e. The van der Waals surface area contributed by atoms with Crippen LogP contribution in [-0.2, 0) is 0 Å². The zero-order chi connectivity index (χ0) is 8.67. The first-order valence-electron chi connectivity index (χ1n) is 4.15. The van der Waals surface area contributed by atoms with Crippen LogP contribution in [0.1, 0.15) is 0 Å². The van der Waals surface area contributed by atoms with Crippen molar-refractivity contribution in [2.75, 3.05) is 5.32 Å². The first-order chi connectivity index (χ1) is 6.43. The van der Waals surface area contributed by atoms with E-state index in [0.29, 0.717) is 0 Å². The van der Waals surface area contributed by atoms with E-state index in [1.165, 1.54) is 15.5 Å². The third kappa shape index (κ3) is 1.04. The molecular formula is C10H8N2S. The number of nitrogens with one attached hydrogen (secondary N) is 2. The van der Waals surface area contributed by atoms with Crippen LogP contribution < -0.4 is 5.32 Å². The number of H-pyrrole nitrogens is 1. The fourth-order valence-electron chi connectivity index (χ4n) is 1.45. The number of hydrogen-bond acceptors (Lipinski definition) is 2. The number of anilines is 2. The summed E-state index contributed by atoms with van der Waals surface area (Å²) in [5.41, 5.74) is 1.18. The Morgan fingerprint density at radius 2 is 1.92 bits per heavy atom. The zero-order valence-electron chi connectivity index (χ0n) is 6.87. The van der Waals surface area contributed by atoms with E-state index >= 15 is 0 Å². The molecule has 3 rings (SSSR count). The number of fused-ring (bicyclic) bond motifs is 2. The van der Waals surface area contributed by atoms with Crippen molar-refractivity contribution in [1.82, 2.24) is 4.98 Å². The molecule has 1 aromatic heterocycles. The Morgan fingerprint density at radius 1 is 1.00 bits per heavy atom. The van der Waals surface area contributed by atoms with Gasteiger partial charge in [-0.15, -0.1) is 0 Å². The molecule has 0 unspecified atom stereocenters. The van der Waals surface area contributed by atoms with Crippen molar-refractivity contribution in [2.45, 2.75) is 9.79 Å². The van der Waals surface area contributed by atoms with Gasteiger partial charge in [-0.1, -0.05) is 23.9 Å². The Bertz CT molecular complexity index is 408. The highest BCUT2D eigenvalue weighted by Gasteiger charge is 2.14. The molecule has 3 heteroatoms. The third-order valence-electron chi connectivity index (χ3n) is 2.08. The van der Waals surface area contributed by atoms with Crippen LogP contribution in [0.5, 0.6) is 0 Å². The Kier molecular flexibility index (Phi) is 1.40. The lowest BCUT2D eigenvalue weighted by molar-refractivity contribution is 1.28. The summed E-state index contributed by atoms with van der Waals surface area (Å²) in [6.07, 6.45) is 1.95. The van der Waals surface area contributed by atoms with Crippen molar-refractivity contribution in [3.8, 4) is 0 Å². The van der Waals surface area contributed by atoms with E-state index < -0.39 is 0 Å². The summed E-state index contributed by atoms with van der Waals surface area (Å²) in [7, 11) is 0. The van der Waals surface area contributed by atoms with Crippen molar-refractivity contribution in [1.29, 1.82) is 0 Å². The minimum absolute atomic E-state index is 1.10. The predicted molar refractivity (Wildman–Crippen MR) is 54.6 cm³/mol. The van der Waals surface area contributed by atoms with Crippen molar-refractivity contribution in [3.63, 3.8) is 0 Å². The van der Waals surface area contributed by atoms with Crippen LogP contribution in [0, 0.1) is 0 Å². The average Bonchev–Trinajstić information content (AvgIpc) is 2.61. The van der Waals surface area contributed by atoms with Gasteiger partial charge in [-0.25, -0.2) is 0 Å². The SMILES string of the molecule is c1ccc2c(c1)Nc1[nH]ccc1S2. The van der Waals surface area contributed by atoms with Crippen molar-refractivity contribution in [2.24, 2.45) is 0 Å². The second kappa shape index (κ2) is 2.57. The molecule has 64 valence electrons. The molecule has 0 aliphatic carbocycles. The molecule has 2 aromatic rings.